The largest absolute Gasteiger partial charge is 0.479 e. The molecule has 0 fully saturated rings. The lowest BCUT2D eigenvalue weighted by atomic mass is 10.1. The van der Waals surface area contributed by atoms with E-state index >= 15 is 0 Å². The van der Waals surface area contributed by atoms with E-state index < -0.39 is 24.0 Å². The number of aliphatic hydroxyl groups is 1. The average Bonchev–Trinajstić information content (AvgIpc) is 2.87. The van der Waals surface area contributed by atoms with Crippen molar-refractivity contribution in [3.05, 3.63) is 22.4 Å². The quantitative estimate of drug-likeness (QED) is 0.639. The van der Waals surface area contributed by atoms with Gasteiger partial charge in [0.2, 0.25) is 5.91 Å². The maximum absolute atomic E-state index is 11.6. The van der Waals surface area contributed by atoms with Crippen molar-refractivity contribution in [1.29, 1.82) is 0 Å². The van der Waals surface area contributed by atoms with Crippen LogP contribution in [0.25, 0.3) is 0 Å². The van der Waals surface area contributed by atoms with Crippen LogP contribution in [0.5, 0.6) is 0 Å². The van der Waals surface area contributed by atoms with Crippen LogP contribution in [0.15, 0.2) is 17.5 Å². The number of thiophene rings is 1. The number of carbonyl (C=O) groups excluding carboxylic acids is 2. The van der Waals surface area contributed by atoms with Crippen molar-refractivity contribution in [1.82, 2.24) is 5.32 Å². The molecule has 3 N–H and O–H groups in total. The van der Waals surface area contributed by atoms with E-state index in [4.69, 9.17) is 5.11 Å². The zero-order chi connectivity index (χ0) is 14.5. The highest BCUT2D eigenvalue weighted by Crippen LogP contribution is 2.12. The predicted molar refractivity (Wildman–Crippen MR) is 69.2 cm³/mol. The molecule has 0 aromatic carbocycles. The molecule has 1 aromatic heterocycles. The first-order valence-electron chi connectivity index (χ1n) is 5.62. The Morgan fingerprint density at radius 2 is 2.05 bits per heavy atom. The number of nitrogens with one attached hydrogen (secondary N) is 1. The van der Waals surface area contributed by atoms with Gasteiger partial charge in [0.15, 0.2) is 11.4 Å². The monoisotopic (exact) mass is 285 g/mol. The molecule has 0 saturated carbocycles. The second kappa shape index (κ2) is 6.44. The third-order valence-corrected chi connectivity index (χ3v) is 3.38. The molecule has 1 aromatic rings. The van der Waals surface area contributed by atoms with Crippen molar-refractivity contribution < 1.29 is 24.6 Å². The molecule has 0 aliphatic heterocycles. The van der Waals surface area contributed by atoms with Gasteiger partial charge in [0.05, 0.1) is 11.4 Å². The number of Topliss-reactive ketones (excluding diaryl/α,β-unsaturated/α-hetero) is 1. The molecule has 1 amide bonds. The summed E-state index contributed by atoms with van der Waals surface area (Å²) >= 11 is 1.31. The topological polar surface area (TPSA) is 104 Å². The van der Waals surface area contributed by atoms with Gasteiger partial charge in [0, 0.05) is 12.8 Å². The minimum Gasteiger partial charge on any atom is -0.479 e. The molecule has 0 spiro atoms. The van der Waals surface area contributed by atoms with Gasteiger partial charge in [-0.1, -0.05) is 6.07 Å². The minimum atomic E-state index is -2.01. The number of hydrogen-bond acceptors (Lipinski definition) is 5. The maximum atomic E-state index is 11.6. The fourth-order valence-corrected chi connectivity index (χ4v) is 1.92. The van der Waals surface area contributed by atoms with Crippen molar-refractivity contribution >= 4 is 29.0 Å². The van der Waals surface area contributed by atoms with Crippen molar-refractivity contribution in [3.63, 3.8) is 0 Å². The standard InChI is InChI=1S/C12H15NO5S/c1-12(18,11(16)17)7-13-10(15)5-4-8(14)9-3-2-6-19-9/h2-3,6,18H,4-5,7H2,1H3,(H,13,15)(H,16,17). The normalized spacial score (nSPS) is 13.6. The van der Waals surface area contributed by atoms with Crippen molar-refractivity contribution in [3.8, 4) is 0 Å². The summed E-state index contributed by atoms with van der Waals surface area (Å²) in [6.45, 7) is 0.695. The number of rotatable bonds is 7. The molecule has 6 nitrogen and oxygen atoms in total. The lowest BCUT2D eigenvalue weighted by molar-refractivity contribution is -0.156. The van der Waals surface area contributed by atoms with E-state index in [0.29, 0.717) is 4.88 Å². The highest BCUT2D eigenvalue weighted by Gasteiger charge is 2.30. The first-order chi connectivity index (χ1) is 8.83. The number of aliphatic carboxylic acids is 1. The summed E-state index contributed by atoms with van der Waals surface area (Å²) in [7, 11) is 0. The van der Waals surface area contributed by atoms with E-state index in [2.05, 4.69) is 5.32 Å². The first kappa shape index (κ1) is 15.3. The molecule has 1 rings (SSSR count). The third kappa shape index (κ3) is 4.80. The van der Waals surface area contributed by atoms with E-state index in [1.54, 1.807) is 17.5 Å². The molecule has 1 unspecified atom stereocenters. The number of hydrogen-bond donors (Lipinski definition) is 3. The van der Waals surface area contributed by atoms with Crippen molar-refractivity contribution in [2.45, 2.75) is 25.4 Å². The minimum absolute atomic E-state index is 0.0353. The summed E-state index contributed by atoms with van der Waals surface area (Å²) in [6.07, 6.45) is 0.0218. The molecule has 1 heterocycles. The lowest BCUT2D eigenvalue weighted by Crippen LogP contribution is -2.46. The summed E-state index contributed by atoms with van der Waals surface area (Å²) in [4.78, 5) is 34.2. The van der Waals surface area contributed by atoms with Crippen LogP contribution < -0.4 is 5.32 Å². The summed E-state index contributed by atoms with van der Waals surface area (Å²) in [6, 6.07) is 3.43. The van der Waals surface area contributed by atoms with Crippen LogP contribution in [0, 0.1) is 0 Å². The molecule has 7 heteroatoms. The van der Waals surface area contributed by atoms with Gasteiger partial charge >= 0.3 is 5.97 Å². The molecule has 1 atom stereocenters. The number of amides is 1. The van der Waals surface area contributed by atoms with Crippen molar-refractivity contribution in [2.75, 3.05) is 6.54 Å². The molecule has 0 saturated heterocycles. The maximum Gasteiger partial charge on any atom is 0.337 e. The molecular formula is C12H15NO5S. The second-order valence-corrected chi connectivity index (χ2v) is 5.20. The Kier molecular flexibility index (Phi) is 5.20. The summed E-state index contributed by atoms with van der Waals surface area (Å²) in [5, 5.41) is 22.1. The van der Waals surface area contributed by atoms with Gasteiger partial charge in [0.1, 0.15) is 0 Å². The number of carbonyl (C=O) groups is 3. The number of carboxylic acid groups (broad SMARTS) is 1. The Hall–Kier alpha value is -1.73. The van der Waals surface area contributed by atoms with Gasteiger partial charge in [-0.05, 0) is 18.4 Å². The number of ketones is 1. The summed E-state index contributed by atoms with van der Waals surface area (Å²) in [5.74, 6) is -2.01. The smallest absolute Gasteiger partial charge is 0.337 e. The Morgan fingerprint density at radius 1 is 1.37 bits per heavy atom. The summed E-state index contributed by atoms with van der Waals surface area (Å²) < 4.78 is 0. The van der Waals surface area contributed by atoms with Crippen LogP contribution in [0.3, 0.4) is 0 Å². The van der Waals surface area contributed by atoms with Crippen LogP contribution in [0.2, 0.25) is 0 Å². The summed E-state index contributed by atoms with van der Waals surface area (Å²) in [5.41, 5.74) is -2.01. The van der Waals surface area contributed by atoms with Crippen LogP contribution in [0.1, 0.15) is 29.4 Å². The highest BCUT2D eigenvalue weighted by molar-refractivity contribution is 7.12. The van der Waals surface area contributed by atoms with E-state index in [0.717, 1.165) is 6.92 Å². The Morgan fingerprint density at radius 3 is 2.58 bits per heavy atom. The zero-order valence-corrected chi connectivity index (χ0v) is 11.2. The van der Waals surface area contributed by atoms with E-state index in [1.807, 2.05) is 0 Å². The second-order valence-electron chi connectivity index (χ2n) is 4.26. The van der Waals surface area contributed by atoms with E-state index in [-0.39, 0.29) is 18.6 Å². The van der Waals surface area contributed by atoms with Crippen LogP contribution >= 0.6 is 11.3 Å². The van der Waals surface area contributed by atoms with E-state index in [9.17, 15) is 19.5 Å². The molecule has 19 heavy (non-hydrogen) atoms. The average molecular weight is 285 g/mol. The molecule has 0 aliphatic carbocycles. The molecule has 0 aliphatic rings. The lowest BCUT2D eigenvalue weighted by Gasteiger charge is -2.18. The fourth-order valence-electron chi connectivity index (χ4n) is 1.22. The van der Waals surface area contributed by atoms with E-state index in [1.165, 1.54) is 11.3 Å². The van der Waals surface area contributed by atoms with Gasteiger partial charge < -0.3 is 15.5 Å². The van der Waals surface area contributed by atoms with Gasteiger partial charge in [-0.3, -0.25) is 9.59 Å². The predicted octanol–water partition coefficient (Wildman–Crippen LogP) is 0.663. The Balaban J connectivity index is 2.33. The molecule has 0 radical (unpaired) electrons. The van der Waals surface area contributed by atoms with Crippen LogP contribution in [-0.2, 0) is 9.59 Å². The molecule has 0 bridgehead atoms. The SMILES string of the molecule is CC(O)(CNC(=O)CCC(=O)c1cccs1)C(=O)O. The Labute approximate surface area is 114 Å². The molecular weight excluding hydrogens is 270 g/mol. The first-order valence-corrected chi connectivity index (χ1v) is 6.50. The Bertz CT molecular complexity index is 466. The third-order valence-electron chi connectivity index (χ3n) is 2.47. The van der Waals surface area contributed by atoms with Gasteiger partial charge in [-0.25, -0.2) is 4.79 Å². The van der Waals surface area contributed by atoms with Crippen LogP contribution in [-0.4, -0.2) is 40.0 Å². The highest BCUT2D eigenvalue weighted by atomic mass is 32.1. The van der Waals surface area contributed by atoms with Gasteiger partial charge in [-0.15, -0.1) is 11.3 Å². The van der Waals surface area contributed by atoms with Crippen molar-refractivity contribution in [2.24, 2.45) is 0 Å². The fraction of sp³-hybridized carbons (Fsp3) is 0.417. The number of carboxylic acids is 1. The van der Waals surface area contributed by atoms with Crippen LogP contribution in [0.4, 0.5) is 0 Å². The molecule has 104 valence electrons. The zero-order valence-electron chi connectivity index (χ0n) is 10.4. The van der Waals surface area contributed by atoms with Gasteiger partial charge in [0.25, 0.3) is 0 Å². The van der Waals surface area contributed by atoms with Gasteiger partial charge in [-0.2, -0.15) is 0 Å².